The van der Waals surface area contributed by atoms with E-state index in [9.17, 15) is 9.59 Å². The molecule has 0 aliphatic carbocycles. The zero-order chi connectivity index (χ0) is 15.1. The van der Waals surface area contributed by atoms with Crippen LogP contribution in [0.2, 0.25) is 0 Å². The summed E-state index contributed by atoms with van der Waals surface area (Å²) in [5.41, 5.74) is 6.32. The lowest BCUT2D eigenvalue weighted by molar-refractivity contribution is -0.141. The summed E-state index contributed by atoms with van der Waals surface area (Å²) in [5, 5.41) is 14.1. The number of nitrogens with two attached hydrogens (primary N) is 1. The number of carboxylic acids is 1. The molecule has 4 N–H and O–H groups in total. The second-order valence-corrected chi connectivity index (χ2v) is 6.26. The van der Waals surface area contributed by atoms with Crippen molar-refractivity contribution >= 4 is 35.0 Å². The first-order chi connectivity index (χ1) is 9.43. The van der Waals surface area contributed by atoms with Crippen molar-refractivity contribution in [3.05, 3.63) is 16.1 Å². The Morgan fingerprint density at radius 2 is 2.30 bits per heavy atom. The van der Waals surface area contributed by atoms with Crippen LogP contribution in [0.25, 0.3) is 0 Å². The maximum atomic E-state index is 11.8. The number of hydrogen-bond donors (Lipinski definition) is 3. The number of hydrogen-bond acceptors (Lipinski definition) is 6. The van der Waals surface area contributed by atoms with Crippen LogP contribution < -0.4 is 11.1 Å². The first-order valence-electron chi connectivity index (χ1n) is 6.15. The van der Waals surface area contributed by atoms with Gasteiger partial charge in [-0.1, -0.05) is 0 Å². The van der Waals surface area contributed by atoms with E-state index in [2.05, 4.69) is 10.3 Å². The lowest BCUT2D eigenvalue weighted by Gasteiger charge is -2.13. The predicted molar refractivity (Wildman–Crippen MR) is 81.0 cm³/mol. The highest BCUT2D eigenvalue weighted by Gasteiger charge is 2.20. The van der Waals surface area contributed by atoms with Crippen LogP contribution in [0, 0.1) is 0 Å². The van der Waals surface area contributed by atoms with Crippen LogP contribution in [0.1, 0.15) is 30.1 Å². The second-order valence-electron chi connectivity index (χ2n) is 4.38. The molecule has 1 heterocycles. The quantitative estimate of drug-likeness (QED) is 0.661. The van der Waals surface area contributed by atoms with Crippen LogP contribution >= 0.6 is 23.1 Å². The number of rotatable bonds is 8. The first kappa shape index (κ1) is 16.9. The molecule has 0 radical (unpaired) electrons. The molecule has 1 rings (SSSR count). The largest absolute Gasteiger partial charge is 0.480 e. The first-order valence-corrected chi connectivity index (χ1v) is 8.42. The van der Waals surface area contributed by atoms with Gasteiger partial charge in [0.2, 0.25) is 5.91 Å². The van der Waals surface area contributed by atoms with E-state index in [0.717, 1.165) is 5.01 Å². The molecule has 1 aromatic rings. The van der Waals surface area contributed by atoms with Gasteiger partial charge in [-0.05, 0) is 25.4 Å². The van der Waals surface area contributed by atoms with Crippen LogP contribution in [0.4, 0.5) is 0 Å². The number of carbonyl (C=O) groups excluding carboxylic acids is 1. The second kappa shape index (κ2) is 8.23. The monoisotopic (exact) mass is 317 g/mol. The lowest BCUT2D eigenvalue weighted by atomic mass is 10.2. The highest BCUT2D eigenvalue weighted by molar-refractivity contribution is 7.98. The molecule has 0 aromatic carbocycles. The zero-order valence-electron chi connectivity index (χ0n) is 11.5. The van der Waals surface area contributed by atoms with Gasteiger partial charge >= 0.3 is 5.97 Å². The average Bonchev–Trinajstić information content (AvgIpc) is 2.82. The van der Waals surface area contributed by atoms with E-state index >= 15 is 0 Å². The SMILES string of the molecule is CSCCC(NC(=O)Cc1csc(C(C)N)n1)C(=O)O. The molecule has 0 bridgehead atoms. The Balaban J connectivity index is 2.54. The molecule has 1 amide bonds. The van der Waals surface area contributed by atoms with Gasteiger partial charge in [0.15, 0.2) is 0 Å². The van der Waals surface area contributed by atoms with Crippen molar-refractivity contribution in [2.75, 3.05) is 12.0 Å². The standard InChI is InChI=1S/C12H19N3O3S2/c1-7(13)11-14-8(6-20-11)5-10(16)15-9(12(17)18)3-4-19-2/h6-7,9H,3-5,13H2,1-2H3,(H,15,16)(H,17,18). The molecule has 8 heteroatoms. The summed E-state index contributed by atoms with van der Waals surface area (Å²) in [7, 11) is 0. The van der Waals surface area contributed by atoms with E-state index in [-0.39, 0.29) is 18.4 Å². The Kier molecular flexibility index (Phi) is 6.97. The molecule has 112 valence electrons. The number of nitrogens with one attached hydrogen (secondary N) is 1. The molecule has 0 saturated heterocycles. The summed E-state index contributed by atoms with van der Waals surface area (Å²) in [4.78, 5) is 27.1. The molecule has 2 atom stereocenters. The third-order valence-corrected chi connectivity index (χ3v) is 4.28. The molecular weight excluding hydrogens is 298 g/mol. The number of carboxylic acid groups (broad SMARTS) is 1. The minimum atomic E-state index is -1.01. The maximum Gasteiger partial charge on any atom is 0.326 e. The minimum absolute atomic E-state index is 0.0757. The van der Waals surface area contributed by atoms with Crippen LogP contribution in [0.3, 0.4) is 0 Å². The van der Waals surface area contributed by atoms with Crippen LogP contribution in [0.5, 0.6) is 0 Å². The molecule has 0 aliphatic rings. The number of nitrogens with zero attached hydrogens (tertiary/aromatic N) is 1. The van der Waals surface area contributed by atoms with Gasteiger partial charge in [0.05, 0.1) is 18.2 Å². The van der Waals surface area contributed by atoms with Gasteiger partial charge in [-0.25, -0.2) is 9.78 Å². The van der Waals surface area contributed by atoms with E-state index in [4.69, 9.17) is 10.8 Å². The predicted octanol–water partition coefficient (Wildman–Crippen LogP) is 1.03. The van der Waals surface area contributed by atoms with Crippen molar-refractivity contribution in [3.63, 3.8) is 0 Å². The highest BCUT2D eigenvalue weighted by atomic mass is 32.2. The molecule has 0 saturated carbocycles. The van der Waals surface area contributed by atoms with Gasteiger partial charge in [-0.3, -0.25) is 4.79 Å². The van der Waals surface area contributed by atoms with Crippen molar-refractivity contribution < 1.29 is 14.7 Å². The van der Waals surface area contributed by atoms with Gasteiger partial charge < -0.3 is 16.2 Å². The molecule has 0 spiro atoms. The fourth-order valence-corrected chi connectivity index (χ4v) is 2.76. The fourth-order valence-electron chi connectivity index (χ4n) is 1.52. The summed E-state index contributed by atoms with van der Waals surface area (Å²) in [6, 6.07) is -1.01. The molecule has 0 aliphatic heterocycles. The third-order valence-electron chi connectivity index (χ3n) is 2.54. The van der Waals surface area contributed by atoms with E-state index in [0.29, 0.717) is 17.9 Å². The summed E-state index contributed by atoms with van der Waals surface area (Å²) >= 11 is 2.95. The van der Waals surface area contributed by atoms with E-state index < -0.39 is 12.0 Å². The van der Waals surface area contributed by atoms with Gasteiger partial charge in [-0.15, -0.1) is 11.3 Å². The number of aliphatic carboxylic acids is 1. The molecule has 0 fully saturated rings. The molecule has 1 aromatic heterocycles. The topological polar surface area (TPSA) is 105 Å². The Labute approximate surface area is 126 Å². The Morgan fingerprint density at radius 1 is 1.60 bits per heavy atom. The lowest BCUT2D eigenvalue weighted by Crippen LogP contribution is -2.41. The number of aromatic nitrogens is 1. The Hall–Kier alpha value is -1.12. The summed E-state index contributed by atoms with van der Waals surface area (Å²) in [6.07, 6.45) is 2.38. The minimum Gasteiger partial charge on any atom is -0.480 e. The number of carbonyl (C=O) groups is 2. The Bertz CT molecular complexity index is 463. The van der Waals surface area contributed by atoms with E-state index in [1.165, 1.54) is 11.3 Å². The van der Waals surface area contributed by atoms with Crippen LogP contribution in [0.15, 0.2) is 5.38 Å². The smallest absolute Gasteiger partial charge is 0.326 e. The zero-order valence-corrected chi connectivity index (χ0v) is 13.1. The summed E-state index contributed by atoms with van der Waals surface area (Å²) in [5.74, 6) is -0.662. The number of thioether (sulfide) groups is 1. The summed E-state index contributed by atoms with van der Waals surface area (Å²) < 4.78 is 0. The van der Waals surface area contributed by atoms with Crippen LogP contribution in [-0.2, 0) is 16.0 Å². The average molecular weight is 317 g/mol. The summed E-state index contributed by atoms with van der Waals surface area (Å²) in [6.45, 7) is 1.82. The molecule has 2 unspecified atom stereocenters. The number of amides is 1. The Morgan fingerprint density at radius 3 is 2.80 bits per heavy atom. The maximum absolute atomic E-state index is 11.8. The van der Waals surface area contributed by atoms with Crippen molar-refractivity contribution in [3.8, 4) is 0 Å². The van der Waals surface area contributed by atoms with Gasteiger partial charge in [0.25, 0.3) is 0 Å². The molecular formula is C12H19N3O3S2. The van der Waals surface area contributed by atoms with Gasteiger partial charge in [0.1, 0.15) is 11.0 Å². The van der Waals surface area contributed by atoms with Crippen molar-refractivity contribution in [2.45, 2.75) is 31.8 Å². The third kappa shape index (κ3) is 5.48. The van der Waals surface area contributed by atoms with Crippen molar-refractivity contribution in [1.82, 2.24) is 10.3 Å². The van der Waals surface area contributed by atoms with E-state index in [1.54, 1.807) is 17.1 Å². The highest BCUT2D eigenvalue weighted by Crippen LogP contribution is 2.16. The van der Waals surface area contributed by atoms with Crippen LogP contribution in [-0.4, -0.2) is 40.0 Å². The van der Waals surface area contributed by atoms with Crippen molar-refractivity contribution in [2.24, 2.45) is 5.73 Å². The van der Waals surface area contributed by atoms with Crippen molar-refractivity contribution in [1.29, 1.82) is 0 Å². The molecule has 6 nitrogen and oxygen atoms in total. The van der Waals surface area contributed by atoms with Gasteiger partial charge in [0, 0.05) is 5.38 Å². The number of thiazole rings is 1. The van der Waals surface area contributed by atoms with Gasteiger partial charge in [-0.2, -0.15) is 11.8 Å². The van der Waals surface area contributed by atoms with E-state index in [1.807, 2.05) is 13.2 Å². The fraction of sp³-hybridized carbons (Fsp3) is 0.583. The molecule has 20 heavy (non-hydrogen) atoms. The normalized spacial score (nSPS) is 13.8.